The molecule has 1 aromatic heterocycles. The predicted octanol–water partition coefficient (Wildman–Crippen LogP) is 0.571. The molecule has 1 saturated carbocycles. The highest BCUT2D eigenvalue weighted by atomic mass is 32.1. The van der Waals surface area contributed by atoms with Crippen LogP contribution in [0.2, 0.25) is 0 Å². The highest BCUT2D eigenvalue weighted by Crippen LogP contribution is 2.39. The van der Waals surface area contributed by atoms with Gasteiger partial charge in [-0.25, -0.2) is 4.98 Å². The highest BCUT2D eigenvalue weighted by molar-refractivity contribution is 7.09. The highest BCUT2D eigenvalue weighted by Gasteiger charge is 2.28. The summed E-state index contributed by atoms with van der Waals surface area (Å²) in [7, 11) is 0. The summed E-state index contributed by atoms with van der Waals surface area (Å²) in [5.74, 6) is 1.46. The third kappa shape index (κ3) is 2.87. The minimum atomic E-state index is -1.11. The summed E-state index contributed by atoms with van der Waals surface area (Å²) >= 11 is 1.30. The Kier molecular flexibility index (Phi) is 2.90. The second kappa shape index (κ2) is 4.03. The lowest BCUT2D eigenvalue weighted by Crippen LogP contribution is -2.37. The SMILES string of the molecule is CC(O)(CO)CNc1nc(C2CC2)ns1. The van der Waals surface area contributed by atoms with Gasteiger partial charge in [-0.15, -0.1) is 0 Å². The molecule has 0 amide bonds. The van der Waals surface area contributed by atoms with Gasteiger partial charge in [0, 0.05) is 24.0 Å². The fourth-order valence-corrected chi connectivity index (χ4v) is 1.78. The van der Waals surface area contributed by atoms with Crippen LogP contribution in [0, 0.1) is 0 Å². The lowest BCUT2D eigenvalue weighted by atomic mass is 10.1. The van der Waals surface area contributed by atoms with Crippen LogP contribution < -0.4 is 5.32 Å². The monoisotopic (exact) mass is 229 g/mol. The third-order valence-corrected chi connectivity index (χ3v) is 3.03. The minimum absolute atomic E-state index is 0.270. The molecule has 0 spiro atoms. The molecule has 5 nitrogen and oxygen atoms in total. The Balaban J connectivity index is 1.87. The van der Waals surface area contributed by atoms with Gasteiger partial charge >= 0.3 is 0 Å². The van der Waals surface area contributed by atoms with Gasteiger partial charge in [0.15, 0.2) is 0 Å². The van der Waals surface area contributed by atoms with Crippen molar-refractivity contribution >= 4 is 16.7 Å². The number of aromatic nitrogens is 2. The molecule has 0 saturated heterocycles. The van der Waals surface area contributed by atoms with Crippen molar-refractivity contribution in [1.82, 2.24) is 9.36 Å². The van der Waals surface area contributed by atoms with Crippen LogP contribution in [0.3, 0.4) is 0 Å². The standard InChI is InChI=1S/C9H15N3O2S/c1-9(14,5-13)4-10-8-11-7(12-15-8)6-2-3-6/h6,13-14H,2-5H2,1H3,(H,10,11,12). The first-order valence-electron chi connectivity index (χ1n) is 5.01. The van der Waals surface area contributed by atoms with E-state index in [1.165, 1.54) is 24.4 Å². The van der Waals surface area contributed by atoms with Crippen molar-refractivity contribution in [2.45, 2.75) is 31.3 Å². The summed E-state index contributed by atoms with van der Waals surface area (Å²) in [4.78, 5) is 4.31. The Labute approximate surface area is 92.3 Å². The Morgan fingerprint density at radius 3 is 2.93 bits per heavy atom. The second-order valence-corrected chi connectivity index (χ2v) is 4.99. The zero-order valence-electron chi connectivity index (χ0n) is 8.60. The Hall–Kier alpha value is -0.720. The number of aliphatic hydroxyl groups is 2. The summed E-state index contributed by atoms with van der Waals surface area (Å²) in [5.41, 5.74) is -1.11. The van der Waals surface area contributed by atoms with Crippen LogP contribution in [0.15, 0.2) is 0 Å². The Morgan fingerprint density at radius 2 is 2.33 bits per heavy atom. The topological polar surface area (TPSA) is 78.3 Å². The van der Waals surface area contributed by atoms with Crippen LogP contribution in [0.5, 0.6) is 0 Å². The summed E-state index contributed by atoms with van der Waals surface area (Å²) in [5, 5.41) is 22.1. The molecule has 1 aliphatic rings. The molecule has 1 aromatic rings. The van der Waals surface area contributed by atoms with Gasteiger partial charge in [-0.3, -0.25) is 0 Å². The molecule has 3 N–H and O–H groups in total. The molecular formula is C9H15N3O2S. The van der Waals surface area contributed by atoms with Gasteiger partial charge in [-0.05, 0) is 19.8 Å². The van der Waals surface area contributed by atoms with E-state index in [-0.39, 0.29) is 13.2 Å². The van der Waals surface area contributed by atoms with E-state index in [0.29, 0.717) is 11.0 Å². The lowest BCUT2D eigenvalue weighted by Gasteiger charge is -2.19. The lowest BCUT2D eigenvalue weighted by molar-refractivity contribution is 0.0132. The first-order chi connectivity index (χ1) is 7.11. The van der Waals surface area contributed by atoms with Crippen LogP contribution in [0.1, 0.15) is 31.5 Å². The normalized spacial score (nSPS) is 19.9. The van der Waals surface area contributed by atoms with Crippen molar-refractivity contribution in [3.05, 3.63) is 5.82 Å². The van der Waals surface area contributed by atoms with Gasteiger partial charge in [-0.1, -0.05) is 0 Å². The fourth-order valence-electron chi connectivity index (χ4n) is 1.14. The fraction of sp³-hybridized carbons (Fsp3) is 0.778. The predicted molar refractivity (Wildman–Crippen MR) is 58.1 cm³/mol. The van der Waals surface area contributed by atoms with Crippen molar-refractivity contribution in [2.75, 3.05) is 18.5 Å². The van der Waals surface area contributed by atoms with E-state index < -0.39 is 5.60 Å². The van der Waals surface area contributed by atoms with Crippen LogP contribution in [-0.2, 0) is 0 Å². The third-order valence-electron chi connectivity index (χ3n) is 2.35. The molecule has 1 heterocycles. The number of aliphatic hydroxyl groups excluding tert-OH is 1. The molecule has 1 fully saturated rings. The van der Waals surface area contributed by atoms with Gasteiger partial charge < -0.3 is 15.5 Å². The van der Waals surface area contributed by atoms with E-state index in [0.717, 1.165) is 5.82 Å². The Bertz CT molecular complexity index is 336. The van der Waals surface area contributed by atoms with Gasteiger partial charge in [0.05, 0.1) is 6.61 Å². The number of hydrogen-bond donors (Lipinski definition) is 3. The minimum Gasteiger partial charge on any atom is -0.393 e. The summed E-state index contributed by atoms with van der Waals surface area (Å²) < 4.78 is 4.23. The van der Waals surface area contributed by atoms with Crippen LogP contribution in [0.4, 0.5) is 5.13 Å². The number of nitrogens with one attached hydrogen (secondary N) is 1. The molecule has 84 valence electrons. The molecule has 0 aromatic carbocycles. The average Bonchev–Trinajstić information content (AvgIpc) is 2.96. The molecule has 1 unspecified atom stereocenters. The van der Waals surface area contributed by atoms with Gasteiger partial charge in [0.1, 0.15) is 11.4 Å². The zero-order chi connectivity index (χ0) is 10.9. The number of nitrogens with zero attached hydrogens (tertiary/aromatic N) is 2. The second-order valence-electron chi connectivity index (χ2n) is 4.24. The van der Waals surface area contributed by atoms with Crippen molar-refractivity contribution in [2.24, 2.45) is 0 Å². The number of anilines is 1. The molecule has 0 radical (unpaired) electrons. The van der Waals surface area contributed by atoms with E-state index >= 15 is 0 Å². The van der Waals surface area contributed by atoms with Gasteiger partial charge in [0.25, 0.3) is 0 Å². The van der Waals surface area contributed by atoms with E-state index in [1.54, 1.807) is 6.92 Å². The van der Waals surface area contributed by atoms with Crippen LogP contribution in [-0.4, -0.2) is 38.3 Å². The molecule has 6 heteroatoms. The van der Waals surface area contributed by atoms with Crippen LogP contribution in [0.25, 0.3) is 0 Å². The summed E-state index contributed by atoms with van der Waals surface area (Å²) in [6.07, 6.45) is 2.37. The molecule has 0 bridgehead atoms. The maximum atomic E-state index is 9.56. The molecular weight excluding hydrogens is 214 g/mol. The first kappa shape index (κ1) is 10.8. The number of hydrogen-bond acceptors (Lipinski definition) is 6. The molecule has 0 aliphatic heterocycles. The number of rotatable bonds is 5. The smallest absolute Gasteiger partial charge is 0.202 e. The van der Waals surface area contributed by atoms with Crippen molar-refractivity contribution < 1.29 is 10.2 Å². The maximum Gasteiger partial charge on any atom is 0.202 e. The first-order valence-corrected chi connectivity index (χ1v) is 5.79. The Morgan fingerprint density at radius 1 is 1.60 bits per heavy atom. The van der Waals surface area contributed by atoms with E-state index in [4.69, 9.17) is 5.11 Å². The molecule has 1 atom stereocenters. The summed E-state index contributed by atoms with van der Waals surface area (Å²) in [6, 6.07) is 0. The molecule has 15 heavy (non-hydrogen) atoms. The van der Waals surface area contributed by atoms with Crippen molar-refractivity contribution in [1.29, 1.82) is 0 Å². The van der Waals surface area contributed by atoms with E-state index in [1.807, 2.05) is 0 Å². The van der Waals surface area contributed by atoms with Gasteiger partial charge in [0.2, 0.25) is 5.13 Å². The van der Waals surface area contributed by atoms with E-state index in [2.05, 4.69) is 14.7 Å². The van der Waals surface area contributed by atoms with Crippen molar-refractivity contribution in [3.8, 4) is 0 Å². The quantitative estimate of drug-likeness (QED) is 0.688. The average molecular weight is 229 g/mol. The largest absolute Gasteiger partial charge is 0.393 e. The van der Waals surface area contributed by atoms with Crippen LogP contribution >= 0.6 is 11.5 Å². The maximum absolute atomic E-state index is 9.56. The van der Waals surface area contributed by atoms with Gasteiger partial charge in [-0.2, -0.15) is 4.37 Å². The summed E-state index contributed by atoms with van der Waals surface area (Å²) in [6.45, 7) is 1.58. The van der Waals surface area contributed by atoms with Crippen molar-refractivity contribution in [3.63, 3.8) is 0 Å². The zero-order valence-corrected chi connectivity index (χ0v) is 9.42. The molecule has 2 rings (SSSR count). The van der Waals surface area contributed by atoms with E-state index in [9.17, 15) is 5.11 Å². The molecule has 1 aliphatic carbocycles.